The smallest absolute Gasteiger partial charge is 0.200 e. The van der Waals surface area contributed by atoms with Crippen LogP contribution >= 0.6 is 0 Å². The third-order valence-electron chi connectivity index (χ3n) is 6.71. The second kappa shape index (κ2) is 9.60. The summed E-state index contributed by atoms with van der Waals surface area (Å²) in [5.41, 5.74) is -0.584. The third-order valence-corrected chi connectivity index (χ3v) is 6.71. The van der Waals surface area contributed by atoms with E-state index in [9.17, 15) is 36.6 Å². The van der Waals surface area contributed by atoms with Gasteiger partial charge in [-0.15, -0.1) is 0 Å². The van der Waals surface area contributed by atoms with Crippen molar-refractivity contribution in [2.75, 3.05) is 0 Å². The van der Waals surface area contributed by atoms with E-state index in [1.54, 1.807) is 0 Å². The van der Waals surface area contributed by atoms with Gasteiger partial charge in [0, 0.05) is 11.1 Å². The van der Waals surface area contributed by atoms with E-state index in [0.717, 1.165) is 18.2 Å². The zero-order valence-corrected chi connectivity index (χ0v) is 18.0. The summed E-state index contributed by atoms with van der Waals surface area (Å²) in [7, 11) is 0. The molecule has 0 amide bonds. The summed E-state index contributed by atoms with van der Waals surface area (Å²) in [6, 6.07) is 6.90. The number of halogens is 6. The molecule has 1 fully saturated rings. The Morgan fingerprint density at radius 1 is 0.588 bits per heavy atom. The van der Waals surface area contributed by atoms with Crippen molar-refractivity contribution in [1.29, 1.82) is 0 Å². The Kier molecular flexibility index (Phi) is 6.77. The van der Waals surface area contributed by atoms with Crippen LogP contribution in [0, 0.1) is 40.8 Å². The SMILES string of the molecule is Oc1ccc(CCC2CCC(c3ccc(-c4ccc(O)c(F)c4F)c(F)c3F)CC2)c(F)c1F. The van der Waals surface area contributed by atoms with Crippen LogP contribution in [-0.4, -0.2) is 10.2 Å². The monoisotopic (exact) mass is 480 g/mol. The maximum atomic E-state index is 14.9. The highest BCUT2D eigenvalue weighted by Crippen LogP contribution is 2.41. The van der Waals surface area contributed by atoms with E-state index in [-0.39, 0.29) is 23.0 Å². The van der Waals surface area contributed by atoms with Gasteiger partial charge in [0.05, 0.1) is 0 Å². The highest BCUT2D eigenvalue weighted by molar-refractivity contribution is 5.66. The molecule has 8 heteroatoms. The lowest BCUT2D eigenvalue weighted by atomic mass is 9.76. The molecule has 0 bridgehead atoms. The van der Waals surface area contributed by atoms with Crippen LogP contribution in [-0.2, 0) is 6.42 Å². The molecule has 2 N–H and O–H groups in total. The maximum Gasteiger partial charge on any atom is 0.200 e. The molecule has 3 aromatic rings. The second-order valence-electron chi connectivity index (χ2n) is 8.72. The van der Waals surface area contributed by atoms with Gasteiger partial charge < -0.3 is 10.2 Å². The minimum absolute atomic E-state index is 0.158. The van der Waals surface area contributed by atoms with Gasteiger partial charge in [0.1, 0.15) is 0 Å². The normalized spacial score (nSPS) is 18.3. The number of hydrogen-bond acceptors (Lipinski definition) is 2. The number of hydrogen-bond donors (Lipinski definition) is 2. The number of phenolic OH excluding ortho intramolecular Hbond substituents is 2. The molecule has 0 radical (unpaired) electrons. The average Bonchev–Trinajstić information content (AvgIpc) is 2.83. The van der Waals surface area contributed by atoms with Crippen LogP contribution in [0.3, 0.4) is 0 Å². The Bertz CT molecular complexity index is 1220. The maximum absolute atomic E-state index is 14.9. The summed E-state index contributed by atoms with van der Waals surface area (Å²) in [6.07, 6.45) is 3.39. The van der Waals surface area contributed by atoms with Crippen LogP contribution in [0.5, 0.6) is 11.5 Å². The van der Waals surface area contributed by atoms with Crippen molar-refractivity contribution in [2.24, 2.45) is 5.92 Å². The summed E-state index contributed by atoms with van der Waals surface area (Å²) < 4.78 is 84.9. The van der Waals surface area contributed by atoms with Gasteiger partial charge in [-0.25, -0.2) is 17.6 Å². The molecule has 0 heterocycles. The first-order chi connectivity index (χ1) is 16.2. The van der Waals surface area contributed by atoms with Gasteiger partial charge in [-0.2, -0.15) is 8.78 Å². The molecule has 1 saturated carbocycles. The molecule has 0 aromatic heterocycles. The Hall–Kier alpha value is -3.16. The van der Waals surface area contributed by atoms with Gasteiger partial charge in [-0.3, -0.25) is 0 Å². The molecule has 1 aliphatic rings. The fraction of sp³-hybridized carbons (Fsp3) is 0.308. The highest BCUT2D eigenvalue weighted by Gasteiger charge is 2.28. The van der Waals surface area contributed by atoms with E-state index in [1.807, 2.05) is 0 Å². The number of benzene rings is 3. The molecule has 34 heavy (non-hydrogen) atoms. The molecule has 0 unspecified atom stereocenters. The zero-order valence-electron chi connectivity index (χ0n) is 18.0. The Morgan fingerprint density at radius 2 is 1.12 bits per heavy atom. The minimum Gasteiger partial charge on any atom is -0.505 e. The van der Waals surface area contributed by atoms with E-state index in [0.29, 0.717) is 38.5 Å². The molecule has 180 valence electrons. The zero-order chi connectivity index (χ0) is 24.6. The van der Waals surface area contributed by atoms with Gasteiger partial charge >= 0.3 is 0 Å². The highest BCUT2D eigenvalue weighted by atomic mass is 19.2. The van der Waals surface area contributed by atoms with E-state index in [1.165, 1.54) is 18.2 Å². The van der Waals surface area contributed by atoms with Gasteiger partial charge in [0.2, 0.25) is 11.6 Å². The fourth-order valence-electron chi connectivity index (χ4n) is 4.73. The summed E-state index contributed by atoms with van der Waals surface area (Å²) in [4.78, 5) is 0. The standard InChI is InChI=1S/C26H22F6O2/c27-21-15(7-11-19(33)25(21)31)6-3-13-1-4-14(5-2-13)16-8-9-17(23(29)22(16)28)18-10-12-20(34)26(32)24(18)30/h7-14,33-34H,1-6H2. The molecule has 0 saturated heterocycles. The number of aryl methyl sites for hydroxylation is 1. The van der Waals surface area contributed by atoms with E-state index >= 15 is 0 Å². The van der Waals surface area contributed by atoms with Crippen LogP contribution in [0.2, 0.25) is 0 Å². The van der Waals surface area contributed by atoms with Crippen molar-refractivity contribution in [3.8, 4) is 22.6 Å². The summed E-state index contributed by atoms with van der Waals surface area (Å²) in [5, 5.41) is 18.5. The largest absolute Gasteiger partial charge is 0.505 e. The molecular formula is C26H22F6O2. The van der Waals surface area contributed by atoms with Crippen molar-refractivity contribution in [2.45, 2.75) is 44.4 Å². The second-order valence-corrected chi connectivity index (χ2v) is 8.72. The number of phenols is 2. The molecule has 1 aliphatic carbocycles. The molecule has 0 aliphatic heterocycles. The quantitative estimate of drug-likeness (QED) is 0.371. The van der Waals surface area contributed by atoms with E-state index in [4.69, 9.17) is 0 Å². The van der Waals surface area contributed by atoms with Gasteiger partial charge in [-0.05, 0) is 79.7 Å². The Balaban J connectivity index is 1.43. The minimum atomic E-state index is -1.53. The summed E-state index contributed by atoms with van der Waals surface area (Å²) in [5.74, 6) is -9.43. The molecule has 0 spiro atoms. The molecular weight excluding hydrogens is 458 g/mol. The lowest BCUT2D eigenvalue weighted by Gasteiger charge is -2.29. The van der Waals surface area contributed by atoms with E-state index < -0.39 is 57.5 Å². The average molecular weight is 480 g/mol. The Labute approximate surface area is 192 Å². The van der Waals surface area contributed by atoms with Gasteiger partial charge in [0.25, 0.3) is 0 Å². The predicted molar refractivity (Wildman–Crippen MR) is 114 cm³/mol. The van der Waals surface area contributed by atoms with E-state index in [2.05, 4.69) is 0 Å². The van der Waals surface area contributed by atoms with Crippen LogP contribution in [0.1, 0.15) is 49.1 Å². The van der Waals surface area contributed by atoms with Crippen molar-refractivity contribution in [3.63, 3.8) is 0 Å². The molecule has 0 atom stereocenters. The van der Waals surface area contributed by atoms with Crippen LogP contribution < -0.4 is 0 Å². The topological polar surface area (TPSA) is 40.5 Å². The predicted octanol–water partition coefficient (Wildman–Crippen LogP) is 7.51. The van der Waals surface area contributed by atoms with Crippen LogP contribution in [0.15, 0.2) is 36.4 Å². The van der Waals surface area contributed by atoms with Crippen molar-refractivity contribution >= 4 is 0 Å². The third kappa shape index (κ3) is 4.45. The first kappa shape index (κ1) is 24.0. The van der Waals surface area contributed by atoms with Crippen molar-refractivity contribution in [3.05, 3.63) is 82.4 Å². The van der Waals surface area contributed by atoms with Crippen LogP contribution in [0.4, 0.5) is 26.3 Å². The van der Waals surface area contributed by atoms with Gasteiger partial charge in [-0.1, -0.05) is 18.2 Å². The fourth-order valence-corrected chi connectivity index (χ4v) is 4.73. The van der Waals surface area contributed by atoms with Crippen molar-refractivity contribution < 1.29 is 36.6 Å². The van der Waals surface area contributed by atoms with Crippen molar-refractivity contribution in [1.82, 2.24) is 0 Å². The molecule has 3 aromatic carbocycles. The first-order valence-corrected chi connectivity index (χ1v) is 11.0. The van der Waals surface area contributed by atoms with Crippen LogP contribution in [0.25, 0.3) is 11.1 Å². The van der Waals surface area contributed by atoms with Gasteiger partial charge in [0.15, 0.2) is 34.8 Å². The number of rotatable bonds is 5. The molecule has 4 rings (SSSR count). The number of aromatic hydroxyl groups is 2. The lowest BCUT2D eigenvalue weighted by Crippen LogP contribution is -2.16. The Morgan fingerprint density at radius 3 is 1.76 bits per heavy atom. The first-order valence-electron chi connectivity index (χ1n) is 11.0. The molecule has 2 nitrogen and oxygen atoms in total. The lowest BCUT2D eigenvalue weighted by molar-refractivity contribution is 0.303. The summed E-state index contributed by atoms with van der Waals surface area (Å²) >= 11 is 0. The summed E-state index contributed by atoms with van der Waals surface area (Å²) in [6.45, 7) is 0.